The number of nitrogens with one attached hydrogen (secondary N) is 2. The van der Waals surface area contributed by atoms with Gasteiger partial charge in [-0.15, -0.1) is 0 Å². The second-order valence-electron chi connectivity index (χ2n) is 8.17. The minimum Gasteiger partial charge on any atom is -0.413 e. The molecule has 0 amide bonds. The predicted molar refractivity (Wildman–Crippen MR) is 128 cm³/mol. The first-order chi connectivity index (χ1) is 16.7. The fourth-order valence-electron chi connectivity index (χ4n) is 3.80. The molecule has 2 unspecified atom stereocenters. The molecular weight excluding hydrogens is 477 g/mol. The van der Waals surface area contributed by atoms with Crippen LogP contribution in [0.25, 0.3) is 11.2 Å². The van der Waals surface area contributed by atoms with Gasteiger partial charge in [-0.2, -0.15) is 9.97 Å². The highest BCUT2D eigenvalue weighted by atomic mass is 31.2. The van der Waals surface area contributed by atoms with E-state index >= 15 is 0 Å². The molecule has 1 aliphatic rings. The van der Waals surface area contributed by atoms with Crippen LogP contribution in [0.5, 0.6) is 5.75 Å². The fourth-order valence-corrected chi connectivity index (χ4v) is 5.28. The van der Waals surface area contributed by atoms with Crippen LogP contribution in [0.3, 0.4) is 0 Å². The average molecular weight is 505 g/mol. The molecule has 0 bridgehead atoms. The maximum atomic E-state index is 13.4. The third-order valence-corrected chi connectivity index (χ3v) is 7.24. The third-order valence-electron chi connectivity index (χ3n) is 5.58. The molecule has 0 aliphatic carbocycles. The van der Waals surface area contributed by atoms with Gasteiger partial charge in [0.25, 0.3) is 0 Å². The normalized spacial score (nSPS) is 24.7. The number of carbonyl (C=O) groups is 1. The van der Waals surface area contributed by atoms with Gasteiger partial charge in [0.05, 0.1) is 25.1 Å². The number of imidazole rings is 1. The molecule has 1 aliphatic heterocycles. The lowest BCUT2D eigenvalue weighted by molar-refractivity contribution is -0.109. The minimum absolute atomic E-state index is 0.0593. The van der Waals surface area contributed by atoms with Crippen LogP contribution in [-0.2, 0) is 18.6 Å². The number of aldehydes is 1. The Bertz CT molecular complexity index is 1230. The highest BCUT2D eigenvalue weighted by Gasteiger charge is 2.44. The van der Waals surface area contributed by atoms with E-state index in [0.29, 0.717) is 29.0 Å². The van der Waals surface area contributed by atoms with Gasteiger partial charge in [-0.05, 0) is 19.1 Å². The number of carbonyl (C=O) groups excluding carboxylic acids is 1. The quantitative estimate of drug-likeness (QED) is 0.232. The summed E-state index contributed by atoms with van der Waals surface area (Å²) in [7, 11) is -2.29. The van der Waals surface area contributed by atoms with Crippen molar-refractivity contribution in [3.63, 3.8) is 0 Å². The molecule has 1 aromatic carbocycles. The zero-order valence-corrected chi connectivity index (χ0v) is 20.3. The Kier molecular flexibility index (Phi) is 7.33. The lowest BCUT2D eigenvalue weighted by Crippen LogP contribution is -2.32. The summed E-state index contributed by atoms with van der Waals surface area (Å²) < 4.78 is 32.3. The molecule has 35 heavy (non-hydrogen) atoms. The molecule has 5 N–H and O–H groups in total. The van der Waals surface area contributed by atoms with Crippen molar-refractivity contribution < 1.29 is 28.3 Å². The number of hydrogen-bond donors (Lipinski definition) is 4. The summed E-state index contributed by atoms with van der Waals surface area (Å²) in [5, 5.41) is 16.4. The number of fused-ring (bicyclic) bond motifs is 1. The van der Waals surface area contributed by atoms with Crippen LogP contribution in [0.2, 0.25) is 0 Å². The molecule has 14 heteroatoms. The van der Waals surface area contributed by atoms with Crippen molar-refractivity contribution in [3.05, 3.63) is 36.7 Å². The Morgan fingerprint density at radius 2 is 2.09 bits per heavy atom. The van der Waals surface area contributed by atoms with Gasteiger partial charge in [-0.25, -0.2) is 14.6 Å². The largest absolute Gasteiger partial charge is 0.459 e. The predicted octanol–water partition coefficient (Wildman–Crippen LogP) is 1.73. The molecule has 3 aromatic rings. The smallest absolute Gasteiger partial charge is 0.413 e. The van der Waals surface area contributed by atoms with E-state index in [9.17, 15) is 14.5 Å². The van der Waals surface area contributed by atoms with Gasteiger partial charge in [0, 0.05) is 13.0 Å². The van der Waals surface area contributed by atoms with Gasteiger partial charge in [-0.3, -0.25) is 9.09 Å². The molecule has 1 fully saturated rings. The van der Waals surface area contributed by atoms with Crippen LogP contribution in [0.15, 0.2) is 36.7 Å². The first kappa shape index (κ1) is 25.0. The van der Waals surface area contributed by atoms with E-state index in [0.717, 1.165) is 0 Å². The van der Waals surface area contributed by atoms with Crippen LogP contribution in [0.4, 0.5) is 11.8 Å². The first-order valence-corrected chi connectivity index (χ1v) is 12.5. The molecule has 6 atom stereocenters. The maximum Gasteiger partial charge on any atom is 0.459 e. The van der Waals surface area contributed by atoms with Crippen molar-refractivity contribution >= 4 is 37.0 Å². The number of aliphatic hydroxyl groups excluding tert-OH is 1. The van der Waals surface area contributed by atoms with E-state index in [2.05, 4.69) is 25.4 Å². The fraction of sp³-hybridized carbons (Fsp3) is 0.429. The van der Waals surface area contributed by atoms with Crippen LogP contribution in [0.1, 0.15) is 20.1 Å². The Morgan fingerprint density at radius 3 is 2.77 bits per heavy atom. The zero-order chi connectivity index (χ0) is 25.2. The Morgan fingerprint density at radius 1 is 1.34 bits per heavy atom. The summed E-state index contributed by atoms with van der Waals surface area (Å²) in [5.41, 5.74) is 6.77. The van der Waals surface area contributed by atoms with E-state index in [4.69, 9.17) is 19.5 Å². The van der Waals surface area contributed by atoms with E-state index in [1.165, 1.54) is 13.3 Å². The SMILES string of the molecule is CNc1nc(N)nc2c1ncn2[C@@H]1O[C@H](COP(=O)(NC(C)C=O)Oc2ccccc2)[C@@H](O)[C@@H]1C. The van der Waals surface area contributed by atoms with E-state index in [1.54, 1.807) is 48.9 Å². The number of nitrogen functional groups attached to an aromatic ring is 1. The topological polar surface area (TPSA) is 176 Å². The summed E-state index contributed by atoms with van der Waals surface area (Å²) >= 11 is 0. The minimum atomic E-state index is -3.99. The summed E-state index contributed by atoms with van der Waals surface area (Å²) in [4.78, 5) is 23.9. The van der Waals surface area contributed by atoms with Crippen molar-refractivity contribution in [2.24, 2.45) is 5.92 Å². The summed E-state index contributed by atoms with van der Waals surface area (Å²) in [6, 6.07) is 7.63. The van der Waals surface area contributed by atoms with Gasteiger partial charge in [0.2, 0.25) is 5.95 Å². The molecule has 0 radical (unpaired) electrons. The average Bonchev–Trinajstić information content (AvgIpc) is 3.38. The third kappa shape index (κ3) is 5.29. The Balaban J connectivity index is 1.53. The van der Waals surface area contributed by atoms with Gasteiger partial charge in [0.15, 0.2) is 17.0 Å². The van der Waals surface area contributed by atoms with Crippen molar-refractivity contribution in [2.45, 2.75) is 38.3 Å². The van der Waals surface area contributed by atoms with E-state index < -0.39 is 38.1 Å². The molecule has 0 spiro atoms. The summed E-state index contributed by atoms with van der Waals surface area (Å²) in [6.07, 6.45) is -0.349. The molecule has 4 rings (SSSR count). The van der Waals surface area contributed by atoms with Crippen LogP contribution >= 0.6 is 7.75 Å². The molecule has 13 nitrogen and oxygen atoms in total. The number of benzene rings is 1. The van der Waals surface area contributed by atoms with Crippen LogP contribution in [-0.4, -0.2) is 62.8 Å². The number of rotatable bonds is 10. The number of anilines is 2. The number of para-hydroxylation sites is 1. The standard InChI is InChI=1S/C21H28N7O6P/c1-12(9-29)27-35(31,34-14-7-5-4-6-8-14)32-10-15-17(30)13(2)20(33-15)28-11-24-16-18(23-3)25-21(22)26-19(16)28/h4-9,11-13,15,17,20,30H,10H2,1-3H3,(H,27,31)(H3,22,23,25,26)/t12?,13-,15+,17-,20+,35?/m0/s1. The van der Waals surface area contributed by atoms with Gasteiger partial charge in [-0.1, -0.05) is 25.1 Å². The number of aliphatic hydroxyl groups is 1. The van der Waals surface area contributed by atoms with Gasteiger partial charge in [0.1, 0.15) is 24.4 Å². The molecular formula is C21H28N7O6P. The summed E-state index contributed by atoms with van der Waals surface area (Å²) in [6.45, 7) is 3.06. The lowest BCUT2D eigenvalue weighted by atomic mass is 10.0. The molecule has 2 aromatic heterocycles. The monoisotopic (exact) mass is 505 g/mol. The van der Waals surface area contributed by atoms with E-state index in [-0.39, 0.29) is 12.6 Å². The van der Waals surface area contributed by atoms with Crippen molar-refractivity contribution in [3.8, 4) is 5.75 Å². The highest BCUT2D eigenvalue weighted by Crippen LogP contribution is 2.46. The zero-order valence-electron chi connectivity index (χ0n) is 19.4. The second kappa shape index (κ2) is 10.3. The number of nitrogens with two attached hydrogens (primary N) is 1. The van der Waals surface area contributed by atoms with E-state index in [1.807, 2.05) is 0 Å². The second-order valence-corrected chi connectivity index (χ2v) is 9.86. The van der Waals surface area contributed by atoms with Crippen LogP contribution in [0, 0.1) is 5.92 Å². The Labute approximate surface area is 201 Å². The summed E-state index contributed by atoms with van der Waals surface area (Å²) in [5.74, 6) is 0.422. The number of hydrogen-bond acceptors (Lipinski definition) is 11. The number of nitrogens with zero attached hydrogens (tertiary/aromatic N) is 4. The van der Waals surface area contributed by atoms with Crippen molar-refractivity contribution in [1.82, 2.24) is 24.6 Å². The highest BCUT2D eigenvalue weighted by molar-refractivity contribution is 7.52. The van der Waals surface area contributed by atoms with Gasteiger partial charge < -0.3 is 30.2 Å². The molecule has 1 saturated heterocycles. The van der Waals surface area contributed by atoms with Gasteiger partial charge >= 0.3 is 7.75 Å². The molecule has 3 heterocycles. The Hall–Kier alpha value is -3.09. The maximum absolute atomic E-state index is 13.4. The molecule has 188 valence electrons. The number of aromatic nitrogens is 4. The number of ether oxygens (including phenoxy) is 1. The molecule has 0 saturated carbocycles. The lowest BCUT2D eigenvalue weighted by Gasteiger charge is -2.23. The van der Waals surface area contributed by atoms with Crippen LogP contribution < -0.4 is 20.7 Å². The van der Waals surface area contributed by atoms with Crippen molar-refractivity contribution in [1.29, 1.82) is 0 Å². The first-order valence-electron chi connectivity index (χ1n) is 11.0. The van der Waals surface area contributed by atoms with Crippen molar-refractivity contribution in [2.75, 3.05) is 24.7 Å².